The summed E-state index contributed by atoms with van der Waals surface area (Å²) in [5.74, 6) is 0.239. The smallest absolute Gasteiger partial charge is 0.243 e. The highest BCUT2D eigenvalue weighted by Crippen LogP contribution is 2.34. The second-order valence-corrected chi connectivity index (χ2v) is 9.66. The molecule has 0 bridgehead atoms. The van der Waals surface area contributed by atoms with E-state index in [0.717, 1.165) is 26.9 Å². The van der Waals surface area contributed by atoms with Crippen molar-refractivity contribution in [1.82, 2.24) is 9.62 Å². The van der Waals surface area contributed by atoms with Crippen molar-refractivity contribution in [2.24, 2.45) is 0 Å². The predicted molar refractivity (Wildman–Crippen MR) is 117 cm³/mol. The summed E-state index contributed by atoms with van der Waals surface area (Å²) in [6.07, 6.45) is 0.588. The van der Waals surface area contributed by atoms with Gasteiger partial charge in [-0.15, -0.1) is 0 Å². The number of nitrogens with one attached hydrogen (secondary N) is 1. The number of methoxy groups -OCH3 is 1. The van der Waals surface area contributed by atoms with Crippen LogP contribution in [0.3, 0.4) is 0 Å². The Hall–Kier alpha value is -2.91. The molecule has 0 fully saturated rings. The molecule has 8 nitrogen and oxygen atoms in total. The van der Waals surface area contributed by atoms with E-state index >= 15 is 0 Å². The van der Waals surface area contributed by atoms with Crippen molar-refractivity contribution < 1.29 is 22.7 Å². The molecule has 166 valence electrons. The Kier molecular flexibility index (Phi) is 6.66. The van der Waals surface area contributed by atoms with Crippen LogP contribution in [0.4, 0.5) is 5.69 Å². The maximum atomic E-state index is 13.0. The van der Waals surface area contributed by atoms with Crippen molar-refractivity contribution in [3.63, 3.8) is 0 Å². The molecule has 31 heavy (non-hydrogen) atoms. The minimum Gasteiger partial charge on any atom is -0.497 e. The summed E-state index contributed by atoms with van der Waals surface area (Å²) in [7, 11) is -0.898. The summed E-state index contributed by atoms with van der Waals surface area (Å²) in [6.45, 7) is 3.41. The van der Waals surface area contributed by atoms with E-state index in [0.29, 0.717) is 6.42 Å². The number of fused-ring (bicyclic) bond motifs is 1. The summed E-state index contributed by atoms with van der Waals surface area (Å²) in [5.41, 5.74) is 2.42. The topological polar surface area (TPSA) is 96.0 Å². The van der Waals surface area contributed by atoms with Crippen LogP contribution in [-0.2, 0) is 32.6 Å². The van der Waals surface area contributed by atoms with Crippen LogP contribution in [0.1, 0.15) is 25.0 Å². The minimum atomic E-state index is -3.85. The molecule has 1 heterocycles. The molecule has 2 aromatic rings. The number of anilines is 1. The maximum absolute atomic E-state index is 13.0. The van der Waals surface area contributed by atoms with Crippen LogP contribution >= 0.6 is 0 Å². The van der Waals surface area contributed by atoms with Gasteiger partial charge < -0.3 is 15.0 Å². The Labute approximate surface area is 182 Å². The number of ether oxygens (including phenoxy) is 1. The molecule has 1 atom stereocenters. The molecule has 3 rings (SSSR count). The van der Waals surface area contributed by atoms with E-state index in [1.54, 1.807) is 36.3 Å². The lowest BCUT2D eigenvalue weighted by Crippen LogP contribution is -2.38. The normalized spacial score (nSPS) is 15.6. The first-order valence-electron chi connectivity index (χ1n) is 9.92. The second kappa shape index (κ2) is 9.07. The lowest BCUT2D eigenvalue weighted by atomic mass is 10.1. The first-order valence-corrected chi connectivity index (χ1v) is 11.4. The molecule has 0 saturated carbocycles. The van der Waals surface area contributed by atoms with Gasteiger partial charge in [-0.1, -0.05) is 12.1 Å². The van der Waals surface area contributed by atoms with Gasteiger partial charge in [0.1, 0.15) is 5.75 Å². The zero-order chi connectivity index (χ0) is 22.8. The van der Waals surface area contributed by atoms with Gasteiger partial charge >= 0.3 is 0 Å². The van der Waals surface area contributed by atoms with Crippen LogP contribution < -0.4 is 15.0 Å². The Bertz CT molecular complexity index is 1080. The number of sulfonamides is 1. The van der Waals surface area contributed by atoms with Crippen LogP contribution in [0.2, 0.25) is 0 Å². The third kappa shape index (κ3) is 4.88. The van der Waals surface area contributed by atoms with Crippen LogP contribution in [0.15, 0.2) is 47.4 Å². The molecule has 2 aromatic carbocycles. The number of likely N-dealkylation sites (N-methyl/N-ethyl adjacent to an activating group) is 1. The van der Waals surface area contributed by atoms with E-state index in [1.165, 1.54) is 20.0 Å². The zero-order valence-electron chi connectivity index (χ0n) is 18.1. The minimum absolute atomic E-state index is 0.0214. The van der Waals surface area contributed by atoms with Crippen molar-refractivity contribution in [2.45, 2.75) is 37.8 Å². The number of rotatable bonds is 7. The molecule has 0 radical (unpaired) electrons. The third-order valence-electron chi connectivity index (χ3n) is 5.33. The molecular formula is C22H27N3O5S. The monoisotopic (exact) mass is 445 g/mol. The summed E-state index contributed by atoms with van der Waals surface area (Å²) < 4.78 is 32.0. The molecule has 0 aromatic heterocycles. The average Bonchev–Trinajstić information content (AvgIpc) is 3.07. The quantitative estimate of drug-likeness (QED) is 0.703. The van der Waals surface area contributed by atoms with Gasteiger partial charge in [-0.05, 0) is 54.8 Å². The van der Waals surface area contributed by atoms with Gasteiger partial charge in [0.15, 0.2) is 0 Å². The molecule has 0 saturated heterocycles. The van der Waals surface area contributed by atoms with E-state index in [9.17, 15) is 18.0 Å². The van der Waals surface area contributed by atoms with Crippen LogP contribution in [0.5, 0.6) is 5.75 Å². The fourth-order valence-corrected chi connectivity index (χ4v) is 4.89. The van der Waals surface area contributed by atoms with E-state index in [1.807, 2.05) is 19.1 Å². The Balaban J connectivity index is 1.65. The number of hydrogen-bond acceptors (Lipinski definition) is 5. The van der Waals surface area contributed by atoms with E-state index < -0.39 is 15.9 Å². The van der Waals surface area contributed by atoms with Crippen LogP contribution in [0.25, 0.3) is 0 Å². The molecule has 1 N–H and O–H groups in total. The summed E-state index contributed by atoms with van der Waals surface area (Å²) in [4.78, 5) is 25.9. The fraction of sp³-hybridized carbons (Fsp3) is 0.364. The molecule has 1 aliphatic heterocycles. The lowest BCUT2D eigenvalue weighted by Gasteiger charge is -2.21. The highest BCUT2D eigenvalue weighted by atomic mass is 32.2. The highest BCUT2D eigenvalue weighted by Gasteiger charge is 2.31. The van der Waals surface area contributed by atoms with Crippen molar-refractivity contribution in [3.8, 4) is 5.75 Å². The number of nitrogens with zero attached hydrogens (tertiary/aromatic N) is 2. The molecule has 0 spiro atoms. The molecule has 0 aliphatic carbocycles. The Morgan fingerprint density at radius 3 is 2.48 bits per heavy atom. The Morgan fingerprint density at radius 2 is 1.87 bits per heavy atom. The molecule has 0 unspecified atom stereocenters. The van der Waals surface area contributed by atoms with E-state index in [4.69, 9.17) is 4.74 Å². The summed E-state index contributed by atoms with van der Waals surface area (Å²) in [5, 5.41) is 2.73. The van der Waals surface area contributed by atoms with Crippen molar-refractivity contribution in [2.75, 3.05) is 25.6 Å². The predicted octanol–water partition coefficient (Wildman–Crippen LogP) is 1.93. The number of amides is 2. The summed E-state index contributed by atoms with van der Waals surface area (Å²) >= 11 is 0. The van der Waals surface area contributed by atoms with Crippen LogP contribution in [0, 0.1) is 0 Å². The van der Waals surface area contributed by atoms with Gasteiger partial charge in [0, 0.05) is 32.2 Å². The maximum Gasteiger partial charge on any atom is 0.243 e. The standard InChI is InChI=1S/C22H27N3O5S/c1-15-11-18-12-20(9-10-21(18)25(15)16(2)26)31(28,29)24(3)14-22(27)23-13-17-5-7-19(30-4)8-6-17/h5-10,12,15H,11,13-14H2,1-4H3,(H,23,27)/t15-/m1/s1. The van der Waals surface area contributed by atoms with E-state index in [2.05, 4.69) is 5.32 Å². The van der Waals surface area contributed by atoms with Gasteiger partial charge in [0.2, 0.25) is 21.8 Å². The van der Waals surface area contributed by atoms with Gasteiger partial charge in [-0.3, -0.25) is 9.59 Å². The molecule has 9 heteroatoms. The number of carbonyl (C=O) groups excluding carboxylic acids is 2. The molecular weight excluding hydrogens is 418 g/mol. The van der Waals surface area contributed by atoms with E-state index in [-0.39, 0.29) is 29.9 Å². The number of benzene rings is 2. The molecule has 1 aliphatic rings. The fourth-order valence-electron chi connectivity index (χ4n) is 3.71. The second-order valence-electron chi connectivity index (χ2n) is 7.62. The lowest BCUT2D eigenvalue weighted by molar-refractivity contribution is -0.121. The van der Waals surface area contributed by atoms with Gasteiger partial charge in [-0.25, -0.2) is 8.42 Å². The first kappa shape index (κ1) is 22.8. The SMILES string of the molecule is COc1ccc(CNC(=O)CN(C)S(=O)(=O)c2ccc3c(c2)C[C@@H](C)N3C(C)=O)cc1. The molecule has 2 amide bonds. The number of carbonyl (C=O) groups is 2. The Morgan fingerprint density at radius 1 is 1.19 bits per heavy atom. The van der Waals surface area contributed by atoms with Gasteiger partial charge in [-0.2, -0.15) is 4.31 Å². The van der Waals surface area contributed by atoms with Crippen molar-refractivity contribution in [1.29, 1.82) is 0 Å². The van der Waals surface area contributed by atoms with Crippen LogP contribution in [-0.4, -0.2) is 51.3 Å². The number of hydrogen-bond donors (Lipinski definition) is 1. The summed E-state index contributed by atoms with van der Waals surface area (Å²) in [6, 6.07) is 12.0. The first-order chi connectivity index (χ1) is 14.6. The zero-order valence-corrected chi connectivity index (χ0v) is 18.9. The third-order valence-corrected chi connectivity index (χ3v) is 7.13. The van der Waals surface area contributed by atoms with Crippen molar-refractivity contribution >= 4 is 27.5 Å². The largest absolute Gasteiger partial charge is 0.497 e. The van der Waals surface area contributed by atoms with Crippen molar-refractivity contribution in [3.05, 3.63) is 53.6 Å². The van der Waals surface area contributed by atoms with Gasteiger partial charge in [0.05, 0.1) is 18.6 Å². The van der Waals surface area contributed by atoms with Gasteiger partial charge in [0.25, 0.3) is 0 Å². The highest BCUT2D eigenvalue weighted by molar-refractivity contribution is 7.89. The average molecular weight is 446 g/mol.